The molecule has 4 rings (SSSR count). The summed E-state index contributed by atoms with van der Waals surface area (Å²) in [5, 5.41) is 3.37. The van der Waals surface area contributed by atoms with Crippen molar-refractivity contribution in [2.45, 2.75) is 6.42 Å². The van der Waals surface area contributed by atoms with Gasteiger partial charge in [0, 0.05) is 51.4 Å². The highest BCUT2D eigenvalue weighted by molar-refractivity contribution is 6.12. The average molecular weight is 408 g/mol. The van der Waals surface area contributed by atoms with E-state index in [4.69, 9.17) is 0 Å². The number of rotatable bonds is 5. The summed E-state index contributed by atoms with van der Waals surface area (Å²) in [6.45, 7) is 3.80. The van der Waals surface area contributed by atoms with Crippen LogP contribution >= 0.6 is 0 Å². The molecule has 0 radical (unpaired) electrons. The van der Waals surface area contributed by atoms with Gasteiger partial charge < -0.3 is 15.2 Å². The maximum absolute atomic E-state index is 13.1. The van der Waals surface area contributed by atoms with E-state index < -0.39 is 0 Å². The van der Waals surface area contributed by atoms with Crippen LogP contribution in [0.5, 0.6) is 0 Å². The maximum atomic E-state index is 13.1. The minimum absolute atomic E-state index is 0.0240. The fourth-order valence-corrected chi connectivity index (χ4v) is 3.94. The Morgan fingerprint density at radius 3 is 2.47 bits per heavy atom. The van der Waals surface area contributed by atoms with Gasteiger partial charge in [0.2, 0.25) is 0 Å². The summed E-state index contributed by atoms with van der Waals surface area (Å²) < 4.78 is 13.0. The predicted molar refractivity (Wildman–Crippen MR) is 114 cm³/mol. The standard InChI is InChI=1S/C23H25FN4O2/c1-25-22(29)20-15-26-21-18(20)3-2-4-19(21)23(30)28-13-11-27(12-14-28)10-9-16-5-7-17(24)8-6-16/h2-8,15,26H,9-14H2,1H3,(H,25,29). The number of hydrogen-bond donors (Lipinski definition) is 2. The van der Waals surface area contributed by atoms with Crippen LogP contribution in [0.2, 0.25) is 0 Å². The number of carbonyl (C=O) groups excluding carboxylic acids is 2. The number of para-hydroxylation sites is 1. The lowest BCUT2D eigenvalue weighted by atomic mass is 10.1. The van der Waals surface area contributed by atoms with Crippen molar-refractivity contribution in [1.82, 2.24) is 20.1 Å². The molecule has 30 heavy (non-hydrogen) atoms. The molecular weight excluding hydrogens is 383 g/mol. The van der Waals surface area contributed by atoms with E-state index in [9.17, 15) is 14.0 Å². The summed E-state index contributed by atoms with van der Waals surface area (Å²) >= 11 is 0. The van der Waals surface area contributed by atoms with Gasteiger partial charge in [-0.1, -0.05) is 24.3 Å². The van der Waals surface area contributed by atoms with Crippen LogP contribution in [-0.2, 0) is 6.42 Å². The summed E-state index contributed by atoms with van der Waals surface area (Å²) in [4.78, 5) is 32.5. The number of aromatic nitrogens is 1. The van der Waals surface area contributed by atoms with Gasteiger partial charge in [0.25, 0.3) is 11.8 Å². The van der Waals surface area contributed by atoms with E-state index in [0.717, 1.165) is 37.0 Å². The van der Waals surface area contributed by atoms with Crippen LogP contribution in [0.25, 0.3) is 10.9 Å². The van der Waals surface area contributed by atoms with E-state index in [1.807, 2.05) is 29.2 Å². The molecule has 2 amide bonds. The fourth-order valence-electron chi connectivity index (χ4n) is 3.94. The van der Waals surface area contributed by atoms with Crippen molar-refractivity contribution in [3.8, 4) is 0 Å². The minimum Gasteiger partial charge on any atom is -0.360 e. The second-order valence-electron chi connectivity index (χ2n) is 7.52. The molecule has 0 aliphatic carbocycles. The smallest absolute Gasteiger partial charge is 0.256 e. The van der Waals surface area contributed by atoms with E-state index in [0.29, 0.717) is 29.7 Å². The Kier molecular flexibility index (Phi) is 5.81. The second kappa shape index (κ2) is 8.67. The van der Waals surface area contributed by atoms with Gasteiger partial charge in [0.1, 0.15) is 5.82 Å². The zero-order chi connectivity index (χ0) is 21.1. The largest absolute Gasteiger partial charge is 0.360 e. The molecule has 1 aliphatic rings. The first kappa shape index (κ1) is 20.1. The lowest BCUT2D eigenvalue weighted by Gasteiger charge is -2.34. The summed E-state index contributed by atoms with van der Waals surface area (Å²) in [6.07, 6.45) is 2.51. The number of amides is 2. The van der Waals surface area contributed by atoms with E-state index in [1.165, 1.54) is 12.1 Å². The van der Waals surface area contributed by atoms with Crippen LogP contribution < -0.4 is 5.32 Å². The van der Waals surface area contributed by atoms with Crippen molar-refractivity contribution in [3.63, 3.8) is 0 Å². The lowest BCUT2D eigenvalue weighted by Crippen LogP contribution is -2.49. The number of hydrogen-bond acceptors (Lipinski definition) is 3. The first-order chi connectivity index (χ1) is 14.6. The highest BCUT2D eigenvalue weighted by Gasteiger charge is 2.24. The highest BCUT2D eigenvalue weighted by Crippen LogP contribution is 2.23. The van der Waals surface area contributed by atoms with Crippen LogP contribution in [0.15, 0.2) is 48.7 Å². The minimum atomic E-state index is -0.217. The number of benzene rings is 2. The Labute approximate surface area is 174 Å². The third kappa shape index (κ3) is 4.07. The van der Waals surface area contributed by atoms with Gasteiger partial charge in [-0.05, 0) is 30.2 Å². The predicted octanol–water partition coefficient (Wildman–Crippen LogP) is 2.67. The quantitative estimate of drug-likeness (QED) is 0.682. The van der Waals surface area contributed by atoms with E-state index in [-0.39, 0.29) is 17.6 Å². The first-order valence-corrected chi connectivity index (χ1v) is 10.1. The zero-order valence-electron chi connectivity index (χ0n) is 17.0. The van der Waals surface area contributed by atoms with Gasteiger partial charge in [-0.3, -0.25) is 14.5 Å². The second-order valence-corrected chi connectivity index (χ2v) is 7.52. The number of halogens is 1. The van der Waals surface area contributed by atoms with Crippen LogP contribution in [-0.4, -0.2) is 66.4 Å². The number of aromatic amines is 1. The topological polar surface area (TPSA) is 68.4 Å². The van der Waals surface area contributed by atoms with E-state index in [2.05, 4.69) is 15.2 Å². The van der Waals surface area contributed by atoms with Crippen LogP contribution in [0, 0.1) is 5.82 Å². The molecule has 7 heteroatoms. The van der Waals surface area contributed by atoms with Gasteiger partial charge in [0.05, 0.1) is 16.6 Å². The number of fused-ring (bicyclic) bond motifs is 1. The molecule has 1 aliphatic heterocycles. The molecule has 1 aromatic heterocycles. The normalized spacial score (nSPS) is 14.8. The van der Waals surface area contributed by atoms with E-state index >= 15 is 0 Å². The molecule has 6 nitrogen and oxygen atoms in total. The molecule has 0 bridgehead atoms. The molecule has 156 valence electrons. The van der Waals surface area contributed by atoms with Crippen molar-refractivity contribution in [1.29, 1.82) is 0 Å². The van der Waals surface area contributed by atoms with Gasteiger partial charge in [0.15, 0.2) is 0 Å². The molecule has 0 saturated carbocycles. The van der Waals surface area contributed by atoms with Gasteiger partial charge in [-0.2, -0.15) is 0 Å². The Morgan fingerprint density at radius 1 is 1.03 bits per heavy atom. The third-order valence-corrected chi connectivity index (χ3v) is 5.71. The summed E-state index contributed by atoms with van der Waals surface area (Å²) in [5.74, 6) is -0.421. The van der Waals surface area contributed by atoms with Crippen molar-refractivity contribution >= 4 is 22.7 Å². The van der Waals surface area contributed by atoms with Gasteiger partial charge in [-0.25, -0.2) is 4.39 Å². The Hall–Kier alpha value is -3.19. The first-order valence-electron chi connectivity index (χ1n) is 10.1. The van der Waals surface area contributed by atoms with Crippen molar-refractivity contribution in [2.24, 2.45) is 0 Å². The highest BCUT2D eigenvalue weighted by atomic mass is 19.1. The number of nitrogens with one attached hydrogen (secondary N) is 2. The van der Waals surface area contributed by atoms with Crippen molar-refractivity contribution in [3.05, 3.63) is 71.2 Å². The summed E-state index contributed by atoms with van der Waals surface area (Å²) in [5.41, 5.74) is 2.93. The molecule has 3 aromatic rings. The molecule has 1 saturated heterocycles. The summed E-state index contributed by atoms with van der Waals surface area (Å²) in [6, 6.07) is 12.1. The van der Waals surface area contributed by atoms with Crippen molar-refractivity contribution in [2.75, 3.05) is 39.8 Å². The molecule has 2 aromatic carbocycles. The Morgan fingerprint density at radius 2 is 1.77 bits per heavy atom. The molecule has 2 heterocycles. The van der Waals surface area contributed by atoms with Crippen LogP contribution in [0.4, 0.5) is 4.39 Å². The van der Waals surface area contributed by atoms with Crippen LogP contribution in [0.1, 0.15) is 26.3 Å². The maximum Gasteiger partial charge on any atom is 0.256 e. The van der Waals surface area contributed by atoms with E-state index in [1.54, 1.807) is 19.3 Å². The molecule has 1 fully saturated rings. The SMILES string of the molecule is CNC(=O)c1c[nH]c2c(C(=O)N3CCN(CCc4ccc(F)cc4)CC3)cccc12. The van der Waals surface area contributed by atoms with Gasteiger partial charge >= 0.3 is 0 Å². The Balaban J connectivity index is 1.39. The zero-order valence-corrected chi connectivity index (χ0v) is 17.0. The number of H-pyrrole nitrogens is 1. The molecule has 0 atom stereocenters. The van der Waals surface area contributed by atoms with Gasteiger partial charge in [-0.15, -0.1) is 0 Å². The molecule has 0 unspecified atom stereocenters. The lowest BCUT2D eigenvalue weighted by molar-refractivity contribution is 0.0640. The fraction of sp³-hybridized carbons (Fsp3) is 0.304. The Bertz CT molecular complexity index is 1050. The number of piperazine rings is 1. The third-order valence-electron chi connectivity index (χ3n) is 5.71. The average Bonchev–Trinajstić information content (AvgIpc) is 3.22. The summed E-state index contributed by atoms with van der Waals surface area (Å²) in [7, 11) is 1.59. The number of nitrogens with zero attached hydrogens (tertiary/aromatic N) is 2. The molecule has 0 spiro atoms. The monoisotopic (exact) mass is 408 g/mol. The number of carbonyl (C=O) groups is 2. The van der Waals surface area contributed by atoms with Crippen LogP contribution in [0.3, 0.4) is 0 Å². The molecular formula is C23H25FN4O2. The molecule has 2 N–H and O–H groups in total. The van der Waals surface area contributed by atoms with Crippen molar-refractivity contribution < 1.29 is 14.0 Å².